The van der Waals surface area contributed by atoms with E-state index in [2.05, 4.69) is 0 Å². The second-order valence-corrected chi connectivity index (χ2v) is 4.40. The zero-order chi connectivity index (χ0) is 12.7. The Morgan fingerprint density at radius 3 is 2.41 bits per heavy atom. The van der Waals surface area contributed by atoms with E-state index in [4.69, 9.17) is 10.5 Å². The van der Waals surface area contributed by atoms with Crippen LogP contribution in [0.3, 0.4) is 0 Å². The third-order valence-corrected chi connectivity index (χ3v) is 3.36. The summed E-state index contributed by atoms with van der Waals surface area (Å²) in [5.74, 6) is -0.144. The van der Waals surface area contributed by atoms with E-state index in [1.807, 2.05) is 0 Å². The maximum absolute atomic E-state index is 12.8. The summed E-state index contributed by atoms with van der Waals surface area (Å²) in [5.41, 5.74) is 5.31. The van der Waals surface area contributed by atoms with Crippen molar-refractivity contribution in [3.63, 3.8) is 0 Å². The number of hydrogen-bond acceptors (Lipinski definition) is 2. The minimum absolute atomic E-state index is 0.144. The molecule has 0 radical (unpaired) electrons. The quantitative estimate of drug-likeness (QED) is 0.888. The van der Waals surface area contributed by atoms with Crippen LogP contribution in [0.15, 0.2) is 18.2 Å². The van der Waals surface area contributed by atoms with E-state index >= 15 is 0 Å². The summed E-state index contributed by atoms with van der Waals surface area (Å²) in [4.78, 5) is 0. The average molecular weight is 245 g/mol. The first kappa shape index (κ1) is 12.2. The molecule has 0 heterocycles. The Morgan fingerprint density at radius 2 is 2.00 bits per heavy atom. The summed E-state index contributed by atoms with van der Waals surface area (Å²) in [5, 5.41) is 0. The van der Waals surface area contributed by atoms with Gasteiger partial charge in [0.05, 0.1) is 12.7 Å². The highest BCUT2D eigenvalue weighted by atomic mass is 19.4. The van der Waals surface area contributed by atoms with Gasteiger partial charge in [0, 0.05) is 12.0 Å². The van der Waals surface area contributed by atoms with Gasteiger partial charge in [0.25, 0.3) is 0 Å². The fourth-order valence-corrected chi connectivity index (χ4v) is 2.02. The Labute approximate surface area is 97.6 Å². The first-order chi connectivity index (χ1) is 7.93. The fourth-order valence-electron chi connectivity index (χ4n) is 2.02. The smallest absolute Gasteiger partial charge is 0.419 e. The maximum Gasteiger partial charge on any atom is 0.419 e. The summed E-state index contributed by atoms with van der Waals surface area (Å²) >= 11 is 0. The van der Waals surface area contributed by atoms with Gasteiger partial charge >= 0.3 is 6.18 Å². The predicted octanol–water partition coefficient (Wildman–Crippen LogP) is 2.70. The minimum atomic E-state index is -4.40. The molecule has 17 heavy (non-hydrogen) atoms. The highest BCUT2D eigenvalue weighted by molar-refractivity contribution is 5.44. The van der Waals surface area contributed by atoms with Gasteiger partial charge in [-0.3, -0.25) is 0 Å². The van der Waals surface area contributed by atoms with Crippen LogP contribution in [0.5, 0.6) is 5.75 Å². The number of ether oxygens (including phenoxy) is 1. The second kappa shape index (κ2) is 3.91. The highest BCUT2D eigenvalue weighted by Crippen LogP contribution is 2.49. The Kier molecular flexibility index (Phi) is 2.81. The molecule has 0 amide bonds. The van der Waals surface area contributed by atoms with Crippen LogP contribution in [-0.4, -0.2) is 13.7 Å². The van der Waals surface area contributed by atoms with Crippen molar-refractivity contribution in [2.45, 2.75) is 24.4 Å². The Morgan fingerprint density at radius 1 is 1.35 bits per heavy atom. The van der Waals surface area contributed by atoms with Crippen molar-refractivity contribution in [3.05, 3.63) is 29.3 Å². The molecule has 0 saturated heterocycles. The summed E-state index contributed by atoms with van der Waals surface area (Å²) < 4.78 is 43.2. The van der Waals surface area contributed by atoms with Crippen LogP contribution in [0.4, 0.5) is 13.2 Å². The third-order valence-electron chi connectivity index (χ3n) is 3.36. The van der Waals surface area contributed by atoms with Crippen LogP contribution in [-0.2, 0) is 11.6 Å². The number of benzene rings is 1. The Bertz CT molecular complexity index is 424. The number of halogens is 3. The largest absolute Gasteiger partial charge is 0.496 e. The molecular weight excluding hydrogens is 231 g/mol. The van der Waals surface area contributed by atoms with Gasteiger partial charge in [0.1, 0.15) is 5.75 Å². The zero-order valence-electron chi connectivity index (χ0n) is 9.47. The van der Waals surface area contributed by atoms with E-state index in [1.165, 1.54) is 19.2 Å². The van der Waals surface area contributed by atoms with Crippen molar-refractivity contribution in [1.29, 1.82) is 0 Å². The molecule has 2 rings (SSSR count). The van der Waals surface area contributed by atoms with Crippen molar-refractivity contribution < 1.29 is 17.9 Å². The van der Waals surface area contributed by atoms with Crippen molar-refractivity contribution >= 4 is 0 Å². The van der Waals surface area contributed by atoms with Crippen molar-refractivity contribution in [2.24, 2.45) is 5.73 Å². The van der Waals surface area contributed by atoms with E-state index < -0.39 is 11.7 Å². The van der Waals surface area contributed by atoms with Crippen LogP contribution in [0.2, 0.25) is 0 Å². The molecule has 2 nitrogen and oxygen atoms in total. The Balaban J connectivity index is 2.46. The van der Waals surface area contributed by atoms with Crippen molar-refractivity contribution in [3.8, 4) is 5.75 Å². The molecule has 1 aromatic rings. The molecule has 1 fully saturated rings. The number of methoxy groups -OCH3 is 1. The second-order valence-electron chi connectivity index (χ2n) is 4.40. The molecular formula is C12H14F3NO. The number of alkyl halides is 3. The lowest BCUT2D eigenvalue weighted by Gasteiger charge is -2.17. The molecule has 5 heteroatoms. The molecule has 94 valence electrons. The normalized spacial score (nSPS) is 17.9. The molecule has 2 N–H and O–H groups in total. The molecule has 0 spiro atoms. The lowest BCUT2D eigenvalue weighted by atomic mass is 9.94. The van der Waals surface area contributed by atoms with Crippen LogP contribution in [0, 0.1) is 0 Å². The lowest BCUT2D eigenvalue weighted by molar-refractivity contribution is -0.138. The SMILES string of the molecule is COc1ccc(C2(CN)CC2)cc1C(F)(F)F. The summed E-state index contributed by atoms with van der Waals surface area (Å²) in [6.07, 6.45) is -2.69. The summed E-state index contributed by atoms with van der Waals surface area (Å²) in [6.45, 7) is 0.386. The highest BCUT2D eigenvalue weighted by Gasteiger charge is 2.44. The summed E-state index contributed by atoms with van der Waals surface area (Å²) in [7, 11) is 1.24. The number of hydrogen-bond donors (Lipinski definition) is 1. The van der Waals surface area contributed by atoms with Crippen LogP contribution in [0.25, 0.3) is 0 Å². The maximum atomic E-state index is 12.8. The van der Waals surface area contributed by atoms with Gasteiger partial charge in [0.2, 0.25) is 0 Å². The molecule has 1 aliphatic rings. The van der Waals surface area contributed by atoms with Crippen LogP contribution < -0.4 is 10.5 Å². The van der Waals surface area contributed by atoms with Crippen LogP contribution >= 0.6 is 0 Å². The molecule has 1 aliphatic carbocycles. The molecule has 1 aromatic carbocycles. The van der Waals surface area contributed by atoms with Gasteiger partial charge in [-0.15, -0.1) is 0 Å². The minimum Gasteiger partial charge on any atom is -0.496 e. The Hall–Kier alpha value is -1.23. The third kappa shape index (κ3) is 2.11. The van der Waals surface area contributed by atoms with Gasteiger partial charge in [0.15, 0.2) is 0 Å². The van der Waals surface area contributed by atoms with E-state index in [0.717, 1.165) is 12.8 Å². The topological polar surface area (TPSA) is 35.2 Å². The molecule has 0 aromatic heterocycles. The lowest BCUT2D eigenvalue weighted by Crippen LogP contribution is -2.20. The number of nitrogens with two attached hydrogens (primary N) is 1. The first-order valence-corrected chi connectivity index (χ1v) is 5.39. The molecule has 1 saturated carbocycles. The van der Waals surface area contributed by atoms with E-state index in [-0.39, 0.29) is 11.2 Å². The standard InChI is InChI=1S/C12H14F3NO/c1-17-10-3-2-8(11(7-16)4-5-11)6-9(10)12(13,14)15/h2-3,6H,4-5,7,16H2,1H3. The first-order valence-electron chi connectivity index (χ1n) is 5.39. The molecule has 0 aliphatic heterocycles. The van der Waals surface area contributed by atoms with Crippen molar-refractivity contribution in [1.82, 2.24) is 0 Å². The monoisotopic (exact) mass is 245 g/mol. The number of rotatable bonds is 3. The fraction of sp³-hybridized carbons (Fsp3) is 0.500. The van der Waals surface area contributed by atoms with Gasteiger partial charge < -0.3 is 10.5 Å². The molecule has 0 bridgehead atoms. The van der Waals surface area contributed by atoms with E-state index in [0.29, 0.717) is 12.1 Å². The van der Waals surface area contributed by atoms with E-state index in [1.54, 1.807) is 6.07 Å². The van der Waals surface area contributed by atoms with E-state index in [9.17, 15) is 13.2 Å². The average Bonchev–Trinajstić information content (AvgIpc) is 3.08. The molecule has 0 unspecified atom stereocenters. The zero-order valence-corrected chi connectivity index (χ0v) is 9.47. The van der Waals surface area contributed by atoms with Gasteiger partial charge in [-0.1, -0.05) is 6.07 Å². The van der Waals surface area contributed by atoms with Gasteiger partial charge in [-0.25, -0.2) is 0 Å². The summed E-state index contributed by atoms with van der Waals surface area (Å²) in [6, 6.07) is 4.21. The van der Waals surface area contributed by atoms with Crippen LogP contribution in [0.1, 0.15) is 24.0 Å². The van der Waals surface area contributed by atoms with Gasteiger partial charge in [-0.05, 0) is 30.5 Å². The predicted molar refractivity (Wildman–Crippen MR) is 58.0 cm³/mol. The van der Waals surface area contributed by atoms with Gasteiger partial charge in [-0.2, -0.15) is 13.2 Å². The molecule has 0 atom stereocenters. The van der Waals surface area contributed by atoms with Crippen molar-refractivity contribution in [2.75, 3.05) is 13.7 Å².